The van der Waals surface area contributed by atoms with Crippen LogP contribution in [0.5, 0.6) is 0 Å². The van der Waals surface area contributed by atoms with Crippen LogP contribution in [0.1, 0.15) is 10.4 Å². The fourth-order valence-electron chi connectivity index (χ4n) is 2.37. The van der Waals surface area contributed by atoms with Crippen molar-refractivity contribution in [2.24, 2.45) is 0 Å². The molecule has 0 bridgehead atoms. The summed E-state index contributed by atoms with van der Waals surface area (Å²) in [6, 6.07) is 23.3. The lowest BCUT2D eigenvalue weighted by atomic mass is 10.2. The van der Waals surface area contributed by atoms with Gasteiger partial charge in [-0.1, -0.05) is 48.5 Å². The number of para-hydroxylation sites is 1. The zero-order valence-electron chi connectivity index (χ0n) is 13.0. The Morgan fingerprint density at radius 3 is 1.88 bits per heavy atom. The number of hydrogen-bond donors (Lipinski definition) is 0. The van der Waals surface area contributed by atoms with Crippen LogP contribution in [0.3, 0.4) is 0 Å². The SMILES string of the molecule is O=C(c1ccccc1I)N(c1ccccc1)S(=O)(=O)c1ccccc1. The lowest BCUT2D eigenvalue weighted by molar-refractivity contribution is 0.100. The molecule has 0 aliphatic carbocycles. The van der Waals surface area contributed by atoms with E-state index in [0.29, 0.717) is 14.8 Å². The molecule has 4 nitrogen and oxygen atoms in total. The number of carbonyl (C=O) groups is 1. The van der Waals surface area contributed by atoms with Crippen molar-refractivity contribution in [2.45, 2.75) is 4.90 Å². The topological polar surface area (TPSA) is 54.5 Å². The van der Waals surface area contributed by atoms with Crippen molar-refractivity contribution < 1.29 is 13.2 Å². The predicted octanol–water partition coefficient (Wildman–Crippen LogP) is 4.33. The molecule has 0 unspecified atom stereocenters. The van der Waals surface area contributed by atoms with Gasteiger partial charge in [0.25, 0.3) is 15.9 Å². The molecule has 0 fully saturated rings. The second-order valence-electron chi connectivity index (χ2n) is 5.20. The predicted molar refractivity (Wildman–Crippen MR) is 106 cm³/mol. The fraction of sp³-hybridized carbons (Fsp3) is 0. The number of halogens is 1. The molecule has 0 heterocycles. The quantitative estimate of drug-likeness (QED) is 0.542. The van der Waals surface area contributed by atoms with E-state index in [1.165, 1.54) is 12.1 Å². The lowest BCUT2D eigenvalue weighted by Crippen LogP contribution is -2.37. The van der Waals surface area contributed by atoms with E-state index in [1.54, 1.807) is 72.8 Å². The Morgan fingerprint density at radius 1 is 0.760 bits per heavy atom. The van der Waals surface area contributed by atoms with Gasteiger partial charge in [0.15, 0.2) is 0 Å². The summed E-state index contributed by atoms with van der Waals surface area (Å²) in [6.45, 7) is 0. The zero-order valence-corrected chi connectivity index (χ0v) is 16.0. The summed E-state index contributed by atoms with van der Waals surface area (Å²) in [5, 5.41) is 0. The van der Waals surface area contributed by atoms with E-state index in [2.05, 4.69) is 0 Å². The van der Waals surface area contributed by atoms with Gasteiger partial charge in [-0.25, -0.2) is 8.42 Å². The average Bonchev–Trinajstić information content (AvgIpc) is 2.63. The van der Waals surface area contributed by atoms with Gasteiger partial charge in [0, 0.05) is 3.57 Å². The Labute approximate surface area is 160 Å². The Balaban J connectivity index is 2.18. The highest BCUT2D eigenvalue weighted by Gasteiger charge is 2.32. The highest BCUT2D eigenvalue weighted by atomic mass is 127. The van der Waals surface area contributed by atoms with Crippen LogP contribution in [-0.2, 0) is 10.0 Å². The summed E-state index contributed by atoms with van der Waals surface area (Å²) in [5.74, 6) is -0.583. The number of nitrogens with zero attached hydrogens (tertiary/aromatic N) is 1. The first-order valence-electron chi connectivity index (χ1n) is 7.46. The number of benzene rings is 3. The van der Waals surface area contributed by atoms with Crippen LogP contribution >= 0.6 is 22.6 Å². The van der Waals surface area contributed by atoms with Gasteiger partial charge in [-0.05, 0) is 59.0 Å². The van der Waals surface area contributed by atoms with Crippen LogP contribution in [-0.4, -0.2) is 14.3 Å². The first-order chi connectivity index (χ1) is 12.0. The smallest absolute Gasteiger partial charge is 0.268 e. The van der Waals surface area contributed by atoms with Crippen LogP contribution in [0.2, 0.25) is 0 Å². The number of rotatable bonds is 4. The molecule has 0 aliphatic rings. The first kappa shape index (κ1) is 17.6. The number of sulfonamides is 1. The molecule has 126 valence electrons. The molecule has 0 radical (unpaired) electrons. The maximum Gasteiger partial charge on any atom is 0.273 e. The summed E-state index contributed by atoms with van der Waals surface area (Å²) in [4.78, 5) is 13.2. The average molecular weight is 463 g/mol. The van der Waals surface area contributed by atoms with E-state index in [9.17, 15) is 13.2 Å². The summed E-state index contributed by atoms with van der Waals surface area (Å²) in [7, 11) is -4.04. The van der Waals surface area contributed by atoms with Crippen molar-refractivity contribution in [3.8, 4) is 0 Å². The molecule has 3 aromatic rings. The minimum Gasteiger partial charge on any atom is -0.268 e. The van der Waals surface area contributed by atoms with Gasteiger partial charge in [0.1, 0.15) is 0 Å². The van der Waals surface area contributed by atoms with E-state index >= 15 is 0 Å². The number of hydrogen-bond acceptors (Lipinski definition) is 3. The Morgan fingerprint density at radius 2 is 1.28 bits per heavy atom. The molecule has 6 heteroatoms. The van der Waals surface area contributed by atoms with Gasteiger partial charge >= 0.3 is 0 Å². The molecule has 0 saturated heterocycles. The van der Waals surface area contributed by atoms with E-state index in [4.69, 9.17) is 0 Å². The highest BCUT2D eigenvalue weighted by molar-refractivity contribution is 14.1. The van der Waals surface area contributed by atoms with E-state index in [0.717, 1.165) is 4.31 Å². The van der Waals surface area contributed by atoms with Gasteiger partial charge < -0.3 is 0 Å². The van der Waals surface area contributed by atoms with Crippen molar-refractivity contribution >= 4 is 44.2 Å². The van der Waals surface area contributed by atoms with Gasteiger partial charge in [0.05, 0.1) is 16.1 Å². The molecule has 1 amide bonds. The summed E-state index contributed by atoms with van der Waals surface area (Å²) < 4.78 is 27.9. The number of carbonyl (C=O) groups excluding carboxylic acids is 1. The molecular weight excluding hydrogens is 449 g/mol. The van der Waals surface area contributed by atoms with Crippen LogP contribution in [0.4, 0.5) is 5.69 Å². The van der Waals surface area contributed by atoms with Crippen molar-refractivity contribution in [3.05, 3.63) is 94.1 Å². The van der Waals surface area contributed by atoms with Crippen LogP contribution in [0, 0.1) is 3.57 Å². The molecule has 0 aromatic heterocycles. The minimum absolute atomic E-state index is 0.0677. The maximum absolute atomic E-state index is 13.2. The molecule has 0 atom stereocenters. The Hall–Kier alpha value is -2.19. The van der Waals surface area contributed by atoms with Crippen molar-refractivity contribution in [2.75, 3.05) is 4.31 Å². The molecule has 3 rings (SSSR count). The monoisotopic (exact) mass is 463 g/mol. The summed E-state index contributed by atoms with van der Waals surface area (Å²) in [5.41, 5.74) is 0.641. The molecule has 25 heavy (non-hydrogen) atoms. The Kier molecular flexibility index (Phi) is 5.19. The van der Waals surface area contributed by atoms with Crippen LogP contribution in [0.15, 0.2) is 89.8 Å². The fourth-order valence-corrected chi connectivity index (χ4v) is 4.42. The standard InChI is InChI=1S/C19H14INO3S/c20-18-14-8-7-13-17(18)19(22)21(15-9-3-1-4-10-15)25(23,24)16-11-5-2-6-12-16/h1-14H. The molecule has 0 N–H and O–H groups in total. The third kappa shape index (κ3) is 3.59. The molecule has 0 spiro atoms. The lowest BCUT2D eigenvalue weighted by Gasteiger charge is -2.23. The second-order valence-corrected chi connectivity index (χ2v) is 8.15. The van der Waals surface area contributed by atoms with Crippen molar-refractivity contribution in [1.29, 1.82) is 0 Å². The summed E-state index contributed by atoms with van der Waals surface area (Å²) >= 11 is 2.03. The molecule has 0 saturated carbocycles. The second kappa shape index (κ2) is 7.37. The number of anilines is 1. The molecule has 3 aromatic carbocycles. The van der Waals surface area contributed by atoms with Crippen LogP contribution < -0.4 is 4.31 Å². The van der Waals surface area contributed by atoms with E-state index in [-0.39, 0.29) is 4.90 Å². The third-order valence-corrected chi connectivity index (χ3v) is 6.23. The van der Waals surface area contributed by atoms with Crippen molar-refractivity contribution in [3.63, 3.8) is 0 Å². The molecular formula is C19H14INO3S. The highest BCUT2D eigenvalue weighted by Crippen LogP contribution is 2.27. The minimum atomic E-state index is -4.04. The Bertz CT molecular complexity index is 989. The van der Waals surface area contributed by atoms with Gasteiger partial charge in [-0.3, -0.25) is 4.79 Å². The van der Waals surface area contributed by atoms with E-state index < -0.39 is 15.9 Å². The van der Waals surface area contributed by atoms with Crippen LogP contribution in [0.25, 0.3) is 0 Å². The van der Waals surface area contributed by atoms with Crippen molar-refractivity contribution in [1.82, 2.24) is 0 Å². The van der Waals surface area contributed by atoms with Gasteiger partial charge in [-0.2, -0.15) is 4.31 Å². The van der Waals surface area contributed by atoms with Gasteiger partial charge in [0.2, 0.25) is 0 Å². The summed E-state index contributed by atoms with van der Waals surface area (Å²) in [6.07, 6.45) is 0. The largest absolute Gasteiger partial charge is 0.273 e. The normalized spacial score (nSPS) is 11.1. The maximum atomic E-state index is 13.2. The number of amides is 1. The zero-order chi connectivity index (χ0) is 17.9. The third-order valence-electron chi connectivity index (χ3n) is 3.56. The van der Waals surface area contributed by atoms with E-state index in [1.807, 2.05) is 22.6 Å². The molecule has 0 aliphatic heterocycles. The first-order valence-corrected chi connectivity index (χ1v) is 9.98. The van der Waals surface area contributed by atoms with Gasteiger partial charge in [-0.15, -0.1) is 0 Å².